The Morgan fingerprint density at radius 1 is 1.44 bits per heavy atom. The Labute approximate surface area is 108 Å². The average molecular weight is 282 g/mol. The third-order valence-corrected chi connectivity index (χ3v) is 3.07. The Bertz CT molecular complexity index is 352. The van der Waals surface area contributed by atoms with Crippen LogP contribution in [0, 0.1) is 0 Å². The van der Waals surface area contributed by atoms with Gasteiger partial charge in [-0.3, -0.25) is 0 Å². The zero-order valence-corrected chi connectivity index (χ0v) is 11.2. The van der Waals surface area contributed by atoms with Crippen molar-refractivity contribution in [3.63, 3.8) is 0 Å². The van der Waals surface area contributed by atoms with Crippen LogP contribution >= 0.6 is 11.3 Å². The van der Waals surface area contributed by atoms with Crippen molar-refractivity contribution in [1.29, 1.82) is 0 Å². The molecule has 7 heteroatoms. The van der Waals surface area contributed by atoms with Crippen LogP contribution in [0.5, 0.6) is 0 Å². The number of aromatic nitrogens is 1. The third kappa shape index (κ3) is 6.93. The molecule has 0 radical (unpaired) electrons. The van der Waals surface area contributed by atoms with E-state index in [0.29, 0.717) is 12.5 Å². The molecule has 0 atom stereocenters. The van der Waals surface area contributed by atoms with Gasteiger partial charge in [-0.1, -0.05) is 13.8 Å². The quantitative estimate of drug-likeness (QED) is 0.781. The van der Waals surface area contributed by atoms with E-state index in [1.54, 1.807) is 6.20 Å². The summed E-state index contributed by atoms with van der Waals surface area (Å²) < 4.78 is 40.0. The van der Waals surface area contributed by atoms with Crippen molar-refractivity contribution < 1.29 is 17.9 Å². The van der Waals surface area contributed by atoms with E-state index in [2.05, 4.69) is 15.0 Å². The van der Waals surface area contributed by atoms with Gasteiger partial charge < -0.3 is 10.1 Å². The minimum absolute atomic E-state index is 0.0457. The molecule has 0 aliphatic heterocycles. The molecule has 104 valence electrons. The first-order valence-corrected chi connectivity index (χ1v) is 6.50. The summed E-state index contributed by atoms with van der Waals surface area (Å²) in [7, 11) is 0. The Balaban J connectivity index is 2.23. The molecule has 18 heavy (non-hydrogen) atoms. The number of nitrogens with one attached hydrogen (secondary N) is 1. The van der Waals surface area contributed by atoms with E-state index in [1.807, 2.05) is 13.8 Å². The van der Waals surface area contributed by atoms with Gasteiger partial charge in [0, 0.05) is 30.1 Å². The van der Waals surface area contributed by atoms with E-state index in [0.717, 1.165) is 16.4 Å². The Morgan fingerprint density at radius 3 is 2.78 bits per heavy atom. The summed E-state index contributed by atoms with van der Waals surface area (Å²) in [5, 5.41) is 4.06. The first kappa shape index (κ1) is 15.4. The first-order valence-electron chi connectivity index (χ1n) is 5.68. The molecule has 0 unspecified atom stereocenters. The fourth-order valence-corrected chi connectivity index (χ4v) is 2.05. The zero-order chi connectivity index (χ0) is 13.6. The predicted octanol–water partition coefficient (Wildman–Crippen LogP) is 2.76. The third-order valence-electron chi connectivity index (χ3n) is 2.01. The van der Waals surface area contributed by atoms with Gasteiger partial charge in [0.25, 0.3) is 0 Å². The first-order chi connectivity index (χ1) is 8.37. The van der Waals surface area contributed by atoms with Gasteiger partial charge in [-0.15, -0.1) is 11.3 Å². The molecule has 1 heterocycles. The van der Waals surface area contributed by atoms with Crippen LogP contribution < -0.4 is 5.32 Å². The Hall–Kier alpha value is -0.660. The van der Waals surface area contributed by atoms with Crippen LogP contribution in [0.4, 0.5) is 13.2 Å². The number of thiazole rings is 1. The van der Waals surface area contributed by atoms with Gasteiger partial charge in [0.2, 0.25) is 0 Å². The van der Waals surface area contributed by atoms with Crippen LogP contribution in [0.1, 0.15) is 23.7 Å². The van der Waals surface area contributed by atoms with Crippen LogP contribution in [0.2, 0.25) is 0 Å². The monoisotopic (exact) mass is 282 g/mol. The van der Waals surface area contributed by atoms with Crippen molar-refractivity contribution in [2.24, 2.45) is 0 Å². The topological polar surface area (TPSA) is 34.2 Å². The van der Waals surface area contributed by atoms with Gasteiger partial charge in [-0.05, 0) is 0 Å². The lowest BCUT2D eigenvalue weighted by Crippen LogP contribution is -2.21. The van der Waals surface area contributed by atoms with E-state index >= 15 is 0 Å². The van der Waals surface area contributed by atoms with Crippen molar-refractivity contribution in [2.45, 2.75) is 39.0 Å². The maximum Gasteiger partial charge on any atom is 0.411 e. The number of nitrogens with zero attached hydrogens (tertiary/aromatic N) is 1. The van der Waals surface area contributed by atoms with E-state index in [4.69, 9.17) is 0 Å². The molecule has 0 aliphatic rings. The lowest BCUT2D eigenvalue weighted by atomic mass is 10.4. The van der Waals surface area contributed by atoms with E-state index in [1.165, 1.54) is 11.3 Å². The van der Waals surface area contributed by atoms with Crippen LogP contribution in [-0.2, 0) is 17.7 Å². The van der Waals surface area contributed by atoms with Crippen molar-refractivity contribution in [3.05, 3.63) is 16.1 Å². The summed E-state index contributed by atoms with van der Waals surface area (Å²) in [6.07, 6.45) is -2.09. The molecule has 1 aromatic rings. The predicted molar refractivity (Wildman–Crippen MR) is 64.7 cm³/mol. The zero-order valence-electron chi connectivity index (χ0n) is 10.4. The van der Waals surface area contributed by atoms with Gasteiger partial charge in [0.1, 0.15) is 6.61 Å². The molecule has 0 saturated heterocycles. The molecule has 0 bridgehead atoms. The molecular formula is C11H17F3N2OS. The summed E-state index contributed by atoms with van der Waals surface area (Å²) in [4.78, 5) is 5.22. The number of hydrogen-bond donors (Lipinski definition) is 1. The molecule has 1 aromatic heterocycles. The summed E-state index contributed by atoms with van der Waals surface area (Å²) in [6, 6.07) is 0.394. The summed E-state index contributed by atoms with van der Waals surface area (Å²) in [5.74, 6) is 0. The lowest BCUT2D eigenvalue weighted by Gasteiger charge is -2.06. The Morgan fingerprint density at radius 2 is 2.17 bits per heavy atom. The number of halogens is 3. The molecule has 1 rings (SSSR count). The molecule has 1 N–H and O–H groups in total. The number of rotatable bonds is 7. The van der Waals surface area contributed by atoms with Gasteiger partial charge in [-0.2, -0.15) is 13.2 Å². The molecule has 3 nitrogen and oxygen atoms in total. The average Bonchev–Trinajstić information content (AvgIpc) is 2.68. The van der Waals surface area contributed by atoms with E-state index < -0.39 is 12.8 Å². The molecule has 0 fully saturated rings. The highest BCUT2D eigenvalue weighted by Gasteiger charge is 2.27. The number of alkyl halides is 3. The second kappa shape index (κ2) is 7.06. The fourth-order valence-electron chi connectivity index (χ4n) is 1.20. The van der Waals surface area contributed by atoms with Gasteiger partial charge in [0.05, 0.1) is 11.6 Å². The van der Waals surface area contributed by atoms with Crippen LogP contribution in [0.25, 0.3) is 0 Å². The van der Waals surface area contributed by atoms with Crippen molar-refractivity contribution in [2.75, 3.05) is 13.2 Å². The number of hydrogen-bond acceptors (Lipinski definition) is 4. The molecule has 0 saturated carbocycles. The smallest absolute Gasteiger partial charge is 0.372 e. The van der Waals surface area contributed by atoms with Gasteiger partial charge >= 0.3 is 6.18 Å². The van der Waals surface area contributed by atoms with Crippen molar-refractivity contribution in [1.82, 2.24) is 10.3 Å². The van der Waals surface area contributed by atoms with Crippen LogP contribution in [0.15, 0.2) is 6.20 Å². The summed E-state index contributed by atoms with van der Waals surface area (Å²) in [5.41, 5.74) is 0. The van der Waals surface area contributed by atoms with E-state index in [9.17, 15) is 13.2 Å². The van der Waals surface area contributed by atoms with Crippen molar-refractivity contribution in [3.8, 4) is 0 Å². The summed E-state index contributed by atoms with van der Waals surface area (Å²) >= 11 is 1.50. The SMILES string of the molecule is CC(C)NCc1cnc(CCOCC(F)(F)F)s1. The maximum atomic E-state index is 11.8. The number of ether oxygens (including phenoxy) is 1. The van der Waals surface area contributed by atoms with Crippen LogP contribution in [0.3, 0.4) is 0 Å². The normalized spacial score (nSPS) is 12.3. The molecule has 0 aliphatic carbocycles. The largest absolute Gasteiger partial charge is 0.411 e. The second-order valence-electron chi connectivity index (χ2n) is 4.17. The van der Waals surface area contributed by atoms with E-state index in [-0.39, 0.29) is 6.61 Å². The second-order valence-corrected chi connectivity index (χ2v) is 5.37. The fraction of sp³-hybridized carbons (Fsp3) is 0.727. The minimum Gasteiger partial charge on any atom is -0.372 e. The molecule has 0 spiro atoms. The lowest BCUT2D eigenvalue weighted by molar-refractivity contribution is -0.173. The van der Waals surface area contributed by atoms with Gasteiger partial charge in [-0.25, -0.2) is 4.98 Å². The highest BCUT2D eigenvalue weighted by atomic mass is 32.1. The van der Waals surface area contributed by atoms with Crippen molar-refractivity contribution >= 4 is 11.3 Å². The minimum atomic E-state index is -4.25. The molecular weight excluding hydrogens is 265 g/mol. The highest BCUT2D eigenvalue weighted by molar-refractivity contribution is 7.11. The van der Waals surface area contributed by atoms with Gasteiger partial charge in [0.15, 0.2) is 0 Å². The maximum absolute atomic E-state index is 11.8. The Kier molecular flexibility index (Phi) is 6.04. The van der Waals surface area contributed by atoms with Crippen LogP contribution in [-0.4, -0.2) is 30.4 Å². The highest BCUT2D eigenvalue weighted by Crippen LogP contribution is 2.16. The standard InChI is InChI=1S/C11H17F3N2OS/c1-8(2)15-5-9-6-16-10(18-9)3-4-17-7-11(12,13)14/h6,8,15H,3-5,7H2,1-2H3. The molecule has 0 amide bonds. The summed E-state index contributed by atoms with van der Waals surface area (Å²) in [6.45, 7) is 3.68. The molecule has 0 aromatic carbocycles.